The Morgan fingerprint density at radius 2 is 0.906 bits per heavy atom. The number of unbranched alkanes of at least 4 members (excludes halogenated alkanes) is 1. The summed E-state index contributed by atoms with van der Waals surface area (Å²) in [5, 5.41) is 63.7. The lowest BCUT2D eigenvalue weighted by Crippen LogP contribution is -2.62. The fraction of sp³-hybridized carbons (Fsp3) is 0.623. The second-order valence-electron chi connectivity index (χ2n) is 21.3. The molecule has 32 heteroatoms. The highest BCUT2D eigenvalue weighted by atomic mass is 16.4. The maximum atomic E-state index is 14.2. The molecule has 12 atom stereocenters. The summed E-state index contributed by atoms with van der Waals surface area (Å²) in [6.07, 6.45) is -3.67. The molecule has 1 aromatic carbocycles. The lowest BCUT2D eigenvalue weighted by Gasteiger charge is -2.29. The highest BCUT2D eigenvalue weighted by Crippen LogP contribution is 2.14. The van der Waals surface area contributed by atoms with E-state index in [1.165, 1.54) is 58.9 Å². The number of aliphatic carboxylic acids is 2. The predicted octanol–water partition coefficient (Wildman–Crippen LogP) is -5.53. The van der Waals surface area contributed by atoms with Crippen molar-refractivity contribution in [3.8, 4) is 5.75 Å². The third-order valence-electron chi connectivity index (χ3n) is 12.8. The van der Waals surface area contributed by atoms with Gasteiger partial charge in [-0.1, -0.05) is 39.8 Å². The maximum Gasteiger partial charge on any atom is 0.326 e. The molecule has 0 fully saturated rings. The molecule has 0 aliphatic heterocycles. The fourth-order valence-corrected chi connectivity index (χ4v) is 7.91. The lowest BCUT2D eigenvalue weighted by molar-refractivity contribution is -0.143. The highest BCUT2D eigenvalue weighted by Gasteiger charge is 2.37. The SMILES string of the molecule is CC(C)C[C@H](NC(=O)[C@H](C)NC(=O)[C@@H](N)CCC(N)=O)C(=O)N[C@H](C(=O)N[C@@H](CCC(=O)O)C(=O)N[C@H](C(=O)N[C@@H](Cc1ccc(O)cc1)C(=O)N[C@@H](C)C(=O)N[C@@H](CCCCN)C(=O)N[C@@H](C)C(=O)N[C@@H](CC(N)=O)C(=O)O)C(C)C)[C@@H](C)O. The van der Waals surface area contributed by atoms with Crippen molar-refractivity contribution in [3.05, 3.63) is 29.8 Å². The first-order chi connectivity index (χ1) is 39.6. The van der Waals surface area contributed by atoms with Crippen LogP contribution >= 0.6 is 0 Å². The van der Waals surface area contributed by atoms with Crippen molar-refractivity contribution in [2.75, 3.05) is 6.54 Å². The number of aromatic hydroxyl groups is 1. The quantitative estimate of drug-likeness (QED) is 0.0273. The van der Waals surface area contributed by atoms with Crippen LogP contribution in [0, 0.1) is 11.8 Å². The Labute approximate surface area is 491 Å². The van der Waals surface area contributed by atoms with Crippen LogP contribution in [0.1, 0.15) is 119 Å². The maximum absolute atomic E-state index is 14.2. The van der Waals surface area contributed by atoms with Crippen LogP contribution < -0.4 is 76.1 Å². The number of aliphatic hydroxyl groups excluding tert-OH is 1. The van der Waals surface area contributed by atoms with E-state index >= 15 is 0 Å². The van der Waals surface area contributed by atoms with Gasteiger partial charge in [-0.25, -0.2) is 4.79 Å². The minimum atomic E-state index is -1.84. The average molecular weight is 1210 g/mol. The molecule has 0 saturated carbocycles. The van der Waals surface area contributed by atoms with Gasteiger partial charge in [0.2, 0.25) is 70.9 Å². The van der Waals surface area contributed by atoms with Gasteiger partial charge in [-0.15, -0.1) is 0 Å². The minimum absolute atomic E-state index is 0.0196. The predicted molar refractivity (Wildman–Crippen MR) is 302 cm³/mol. The van der Waals surface area contributed by atoms with Gasteiger partial charge < -0.3 is 96.5 Å². The standard InChI is InChI=1S/C53H86N14O18/c1-24(2)21-35(63-44(75)26(5)58-46(77)32(55)16-18-38(56)70)50(81)67-42(29(8)68)52(83)62-34(17-19-40(72)73)48(79)66-41(25(3)4)51(82)64-36(22-30-12-14-31(69)15-13-30)49(80)60-27(6)43(74)61-33(11-9-10-20-54)47(78)59-28(7)45(76)65-37(53(84)85)23-39(57)71/h12-15,24-29,32-37,41-42,68-69H,9-11,16-23,54-55H2,1-8H3,(H2,56,70)(H2,57,71)(H,58,77)(H,59,78)(H,60,80)(H,61,74)(H,62,83)(H,63,75)(H,64,82)(H,65,76)(H,66,79)(H,67,81)(H,72,73)(H,84,85)/t26-,27-,28-,29+,32-,33-,34-,35-,36-,37-,41-,42-/m0/s1. The van der Waals surface area contributed by atoms with E-state index < -0.39 is 181 Å². The number of rotatable bonds is 39. The Hall–Kier alpha value is -8.52. The zero-order chi connectivity index (χ0) is 65.0. The molecule has 476 valence electrons. The number of nitrogens with two attached hydrogens (primary N) is 4. The van der Waals surface area contributed by atoms with Gasteiger partial charge in [-0.2, -0.15) is 0 Å². The van der Waals surface area contributed by atoms with Crippen LogP contribution in [0.3, 0.4) is 0 Å². The molecule has 0 radical (unpaired) electrons. The highest BCUT2D eigenvalue weighted by molar-refractivity contribution is 5.99. The van der Waals surface area contributed by atoms with Crippen LogP contribution in [0.2, 0.25) is 0 Å². The molecule has 1 aromatic rings. The van der Waals surface area contributed by atoms with Crippen molar-refractivity contribution in [3.63, 3.8) is 0 Å². The van der Waals surface area contributed by atoms with E-state index in [4.69, 9.17) is 22.9 Å². The number of carboxylic acids is 2. The first-order valence-electron chi connectivity index (χ1n) is 27.5. The van der Waals surface area contributed by atoms with Crippen molar-refractivity contribution < 1.29 is 87.5 Å². The van der Waals surface area contributed by atoms with Gasteiger partial charge in [0.15, 0.2) is 0 Å². The van der Waals surface area contributed by atoms with E-state index in [-0.39, 0.29) is 50.3 Å². The Bertz CT molecular complexity index is 2510. The number of carbonyl (C=O) groups is 14. The zero-order valence-corrected chi connectivity index (χ0v) is 49.0. The van der Waals surface area contributed by atoms with Crippen molar-refractivity contribution in [2.24, 2.45) is 34.8 Å². The molecule has 85 heavy (non-hydrogen) atoms. The summed E-state index contributed by atoms with van der Waals surface area (Å²) in [5.74, 6) is -15.6. The van der Waals surface area contributed by atoms with Crippen LogP contribution in [0.4, 0.5) is 0 Å². The Kier molecular flexibility index (Phi) is 32.4. The van der Waals surface area contributed by atoms with Gasteiger partial charge in [-0.3, -0.25) is 62.3 Å². The third-order valence-corrected chi connectivity index (χ3v) is 12.8. The lowest BCUT2D eigenvalue weighted by atomic mass is 9.99. The zero-order valence-electron chi connectivity index (χ0n) is 49.0. The number of benzene rings is 1. The molecular formula is C53H86N14O18. The molecule has 0 heterocycles. The molecular weight excluding hydrogens is 1120 g/mol. The molecule has 0 aliphatic carbocycles. The van der Waals surface area contributed by atoms with Gasteiger partial charge in [0.05, 0.1) is 18.6 Å². The van der Waals surface area contributed by atoms with Gasteiger partial charge >= 0.3 is 11.9 Å². The van der Waals surface area contributed by atoms with Crippen molar-refractivity contribution in [2.45, 2.75) is 192 Å². The van der Waals surface area contributed by atoms with Gasteiger partial charge in [-0.05, 0) is 102 Å². The molecule has 0 bridgehead atoms. The van der Waals surface area contributed by atoms with E-state index in [0.717, 1.165) is 6.92 Å². The van der Waals surface area contributed by atoms with Crippen LogP contribution in [0.25, 0.3) is 0 Å². The summed E-state index contributed by atoms with van der Waals surface area (Å²) in [6, 6.07) is -10.9. The monoisotopic (exact) mass is 1210 g/mol. The topological polar surface area (TPSA) is 544 Å². The smallest absolute Gasteiger partial charge is 0.326 e. The third kappa shape index (κ3) is 28.1. The Morgan fingerprint density at radius 3 is 1.38 bits per heavy atom. The number of aliphatic hydroxyl groups is 1. The first kappa shape index (κ1) is 74.5. The van der Waals surface area contributed by atoms with E-state index in [0.29, 0.717) is 18.4 Å². The summed E-state index contributed by atoms with van der Waals surface area (Å²) in [7, 11) is 0. The molecule has 0 saturated heterocycles. The Balaban J connectivity index is 3.45. The molecule has 22 N–H and O–H groups in total. The van der Waals surface area contributed by atoms with Crippen molar-refractivity contribution in [1.29, 1.82) is 0 Å². The Morgan fingerprint density at radius 1 is 0.471 bits per heavy atom. The molecule has 0 aromatic heterocycles. The normalized spacial score (nSPS) is 15.4. The van der Waals surface area contributed by atoms with Crippen molar-refractivity contribution >= 4 is 82.8 Å². The van der Waals surface area contributed by atoms with Gasteiger partial charge in [0.25, 0.3) is 0 Å². The molecule has 1 rings (SSSR count). The minimum Gasteiger partial charge on any atom is -0.508 e. The number of amides is 12. The van der Waals surface area contributed by atoms with Crippen molar-refractivity contribution in [1.82, 2.24) is 53.2 Å². The largest absolute Gasteiger partial charge is 0.508 e. The first-order valence-corrected chi connectivity index (χ1v) is 27.5. The summed E-state index contributed by atoms with van der Waals surface area (Å²) < 4.78 is 0. The molecule has 0 unspecified atom stereocenters. The number of phenolic OH excluding ortho intramolecular Hbond substituents is 1. The molecule has 0 spiro atoms. The second kappa shape index (κ2) is 36.9. The van der Waals surface area contributed by atoms with Gasteiger partial charge in [0, 0.05) is 19.3 Å². The number of hydrogen-bond acceptors (Lipinski definition) is 18. The van der Waals surface area contributed by atoms with E-state index in [9.17, 15) is 87.5 Å². The molecule has 12 amide bonds. The average Bonchev–Trinajstić information content (AvgIpc) is 3.56. The second-order valence-corrected chi connectivity index (χ2v) is 21.3. The molecule has 0 aliphatic rings. The number of carboxylic acid groups (broad SMARTS) is 2. The number of nitrogens with one attached hydrogen (secondary N) is 10. The summed E-state index contributed by atoms with van der Waals surface area (Å²) in [4.78, 5) is 182. The van der Waals surface area contributed by atoms with Gasteiger partial charge in [0.1, 0.15) is 66.2 Å². The van der Waals surface area contributed by atoms with Crippen LogP contribution in [0.5, 0.6) is 5.75 Å². The van der Waals surface area contributed by atoms with E-state index in [1.807, 2.05) is 0 Å². The van der Waals surface area contributed by atoms with Crippen LogP contribution in [-0.4, -0.2) is 182 Å². The summed E-state index contributed by atoms with van der Waals surface area (Å²) >= 11 is 0. The molecule has 32 nitrogen and oxygen atoms in total. The summed E-state index contributed by atoms with van der Waals surface area (Å²) in [5.41, 5.74) is 22.0. The fourth-order valence-electron chi connectivity index (χ4n) is 7.91. The number of hydrogen-bond donors (Lipinski definition) is 18. The number of phenols is 1. The summed E-state index contributed by atoms with van der Waals surface area (Å²) in [6.45, 7) is 11.5. The van der Waals surface area contributed by atoms with E-state index in [2.05, 4.69) is 53.2 Å². The van der Waals surface area contributed by atoms with E-state index in [1.54, 1.807) is 13.8 Å². The van der Waals surface area contributed by atoms with Crippen LogP contribution in [-0.2, 0) is 73.5 Å². The number of carbonyl (C=O) groups excluding carboxylic acids is 12. The number of primary amides is 2. The van der Waals surface area contributed by atoms with Crippen LogP contribution in [0.15, 0.2) is 24.3 Å².